The Morgan fingerprint density at radius 3 is 2.57 bits per heavy atom. The van der Waals surface area contributed by atoms with Gasteiger partial charge < -0.3 is 11.1 Å². The lowest BCUT2D eigenvalue weighted by Gasteiger charge is -2.07. The number of nitrogens with two attached hydrogens (primary N) is 1. The third kappa shape index (κ3) is 3.71. The van der Waals surface area contributed by atoms with Gasteiger partial charge in [-0.2, -0.15) is 0 Å². The van der Waals surface area contributed by atoms with Crippen LogP contribution in [0, 0.1) is 10.1 Å². The maximum Gasteiger partial charge on any atom is 0.283 e. The number of hydrogen-bond donors (Lipinski definition) is 2. The van der Waals surface area contributed by atoms with Gasteiger partial charge in [-0.05, 0) is 46.3 Å². The Hall–Kier alpha value is -2.12. The normalized spacial score (nSPS) is 10.2. The molecule has 1 amide bonds. The number of benzene rings is 2. The summed E-state index contributed by atoms with van der Waals surface area (Å²) in [6.45, 7) is 0. The molecule has 0 aliphatic carbocycles. The molecule has 0 saturated heterocycles. The van der Waals surface area contributed by atoms with Crippen LogP contribution in [0.1, 0.15) is 10.4 Å². The second kappa shape index (κ2) is 6.11. The number of nitrogens with one attached hydrogen (secondary N) is 1. The van der Waals surface area contributed by atoms with Crippen molar-refractivity contribution < 1.29 is 9.72 Å². The predicted molar refractivity (Wildman–Crippen MR) is 84.6 cm³/mol. The molecule has 8 heteroatoms. The molecular weight excluding hydrogens is 362 g/mol. The molecule has 2 aromatic rings. The molecule has 6 nitrogen and oxygen atoms in total. The SMILES string of the molecule is Nc1cc(Cl)cc(C(=O)Nc2ccc([N+](=O)[O-])c(Br)c2)c1. The molecule has 0 unspecified atom stereocenters. The zero-order chi connectivity index (χ0) is 15.6. The molecule has 0 aliphatic rings. The molecule has 3 N–H and O–H groups in total. The Morgan fingerprint density at radius 2 is 2.00 bits per heavy atom. The van der Waals surface area contributed by atoms with E-state index in [0.29, 0.717) is 22.0 Å². The highest BCUT2D eigenvalue weighted by atomic mass is 79.9. The van der Waals surface area contributed by atoms with Gasteiger partial charge in [0.25, 0.3) is 11.6 Å². The van der Waals surface area contributed by atoms with Gasteiger partial charge in [-0.1, -0.05) is 11.6 Å². The van der Waals surface area contributed by atoms with Crippen LogP contribution in [0.15, 0.2) is 40.9 Å². The molecule has 108 valence electrons. The zero-order valence-electron chi connectivity index (χ0n) is 10.5. The van der Waals surface area contributed by atoms with Crippen LogP contribution in [0.2, 0.25) is 5.02 Å². The van der Waals surface area contributed by atoms with Crippen LogP contribution in [-0.4, -0.2) is 10.8 Å². The minimum absolute atomic E-state index is 0.0833. The Balaban J connectivity index is 2.23. The first-order valence-corrected chi connectivity index (χ1v) is 6.85. The van der Waals surface area contributed by atoms with Crippen LogP contribution >= 0.6 is 27.5 Å². The summed E-state index contributed by atoms with van der Waals surface area (Å²) >= 11 is 8.92. The first-order valence-electron chi connectivity index (χ1n) is 5.68. The van der Waals surface area contributed by atoms with Crippen LogP contribution in [0.4, 0.5) is 17.1 Å². The smallest absolute Gasteiger partial charge is 0.283 e. The van der Waals surface area contributed by atoms with Gasteiger partial charge in [0.15, 0.2) is 0 Å². The average molecular weight is 371 g/mol. The molecule has 0 saturated carbocycles. The number of carbonyl (C=O) groups is 1. The maximum absolute atomic E-state index is 12.1. The fourth-order valence-electron chi connectivity index (χ4n) is 1.68. The Labute approximate surface area is 133 Å². The number of halogens is 2. The number of anilines is 2. The highest BCUT2D eigenvalue weighted by Crippen LogP contribution is 2.28. The summed E-state index contributed by atoms with van der Waals surface area (Å²) in [6, 6.07) is 8.68. The molecule has 0 aromatic heterocycles. The average Bonchev–Trinajstić information content (AvgIpc) is 2.37. The summed E-state index contributed by atoms with van der Waals surface area (Å²) in [7, 11) is 0. The van der Waals surface area contributed by atoms with Crippen molar-refractivity contribution >= 4 is 50.5 Å². The predicted octanol–water partition coefficient (Wildman–Crippen LogP) is 3.85. The molecule has 21 heavy (non-hydrogen) atoms. The van der Waals surface area contributed by atoms with Crippen molar-refractivity contribution in [3.8, 4) is 0 Å². The van der Waals surface area contributed by atoms with Crippen molar-refractivity contribution in [3.05, 3.63) is 61.6 Å². The fourth-order valence-corrected chi connectivity index (χ4v) is 2.45. The molecule has 2 aromatic carbocycles. The number of amides is 1. The van der Waals surface area contributed by atoms with Gasteiger partial charge in [0.2, 0.25) is 0 Å². The number of rotatable bonds is 3. The molecule has 0 heterocycles. The van der Waals surface area contributed by atoms with Crippen molar-refractivity contribution in [3.63, 3.8) is 0 Å². The summed E-state index contributed by atoms with van der Waals surface area (Å²) < 4.78 is 0.274. The summed E-state index contributed by atoms with van der Waals surface area (Å²) in [5.74, 6) is -0.412. The van der Waals surface area contributed by atoms with Crippen LogP contribution in [0.25, 0.3) is 0 Å². The second-order valence-electron chi connectivity index (χ2n) is 4.15. The van der Waals surface area contributed by atoms with E-state index < -0.39 is 10.8 Å². The lowest BCUT2D eigenvalue weighted by Crippen LogP contribution is -2.12. The van der Waals surface area contributed by atoms with Gasteiger partial charge in [-0.15, -0.1) is 0 Å². The first-order chi connectivity index (χ1) is 9.86. The van der Waals surface area contributed by atoms with Crippen molar-refractivity contribution in [2.75, 3.05) is 11.1 Å². The molecular formula is C13H9BrClN3O3. The molecule has 0 atom stereocenters. The van der Waals surface area contributed by atoms with Gasteiger partial charge in [0.05, 0.1) is 9.40 Å². The largest absolute Gasteiger partial charge is 0.399 e. The summed E-state index contributed by atoms with van der Waals surface area (Å²) in [5.41, 5.74) is 6.62. The van der Waals surface area contributed by atoms with Gasteiger partial charge in [0.1, 0.15) is 0 Å². The number of nitrogens with zero attached hydrogens (tertiary/aromatic N) is 1. The van der Waals surface area contributed by atoms with Crippen LogP contribution in [-0.2, 0) is 0 Å². The highest BCUT2D eigenvalue weighted by molar-refractivity contribution is 9.10. The Morgan fingerprint density at radius 1 is 1.29 bits per heavy atom. The maximum atomic E-state index is 12.1. The van der Waals surface area contributed by atoms with Gasteiger partial charge in [-0.25, -0.2) is 0 Å². The molecule has 0 bridgehead atoms. The third-order valence-corrected chi connectivity index (χ3v) is 3.44. The van der Waals surface area contributed by atoms with Crippen LogP contribution in [0.3, 0.4) is 0 Å². The summed E-state index contributed by atoms with van der Waals surface area (Å²) in [4.78, 5) is 22.3. The fraction of sp³-hybridized carbons (Fsp3) is 0. The number of nitro benzene ring substituents is 1. The van der Waals surface area contributed by atoms with Crippen molar-refractivity contribution in [1.82, 2.24) is 0 Å². The van der Waals surface area contributed by atoms with Crippen LogP contribution in [0.5, 0.6) is 0 Å². The number of nitrogen functional groups attached to an aromatic ring is 1. The van der Waals surface area contributed by atoms with E-state index in [0.717, 1.165) is 0 Å². The molecule has 0 radical (unpaired) electrons. The second-order valence-corrected chi connectivity index (χ2v) is 5.44. The molecule has 0 spiro atoms. The van der Waals surface area contributed by atoms with Crippen LogP contribution < -0.4 is 11.1 Å². The van der Waals surface area contributed by atoms with Crippen molar-refractivity contribution in [1.29, 1.82) is 0 Å². The summed E-state index contributed by atoms with van der Waals surface area (Å²) in [6.07, 6.45) is 0. The van der Waals surface area contributed by atoms with E-state index in [1.54, 1.807) is 0 Å². The molecule has 0 aliphatic heterocycles. The minimum Gasteiger partial charge on any atom is -0.399 e. The highest BCUT2D eigenvalue weighted by Gasteiger charge is 2.13. The minimum atomic E-state index is -0.520. The Bertz CT molecular complexity index is 716. The van der Waals surface area contributed by atoms with Crippen molar-refractivity contribution in [2.24, 2.45) is 0 Å². The van der Waals surface area contributed by atoms with E-state index in [4.69, 9.17) is 17.3 Å². The van der Waals surface area contributed by atoms with E-state index >= 15 is 0 Å². The Kier molecular flexibility index (Phi) is 4.44. The standard InChI is InChI=1S/C13H9BrClN3O3/c14-11-6-10(1-2-12(11)18(20)21)17-13(19)7-3-8(15)5-9(16)4-7/h1-6H,16H2,(H,17,19). The van der Waals surface area contributed by atoms with E-state index in [1.807, 2.05) is 0 Å². The first kappa shape index (κ1) is 15.3. The topological polar surface area (TPSA) is 98.3 Å². The monoisotopic (exact) mass is 369 g/mol. The lowest BCUT2D eigenvalue weighted by atomic mass is 10.2. The molecule has 2 rings (SSSR count). The lowest BCUT2D eigenvalue weighted by molar-refractivity contribution is -0.385. The van der Waals surface area contributed by atoms with Gasteiger partial charge >= 0.3 is 0 Å². The third-order valence-electron chi connectivity index (χ3n) is 2.58. The van der Waals surface area contributed by atoms with E-state index in [1.165, 1.54) is 36.4 Å². The number of hydrogen-bond acceptors (Lipinski definition) is 4. The van der Waals surface area contributed by atoms with Gasteiger partial charge in [-0.3, -0.25) is 14.9 Å². The van der Waals surface area contributed by atoms with E-state index in [2.05, 4.69) is 21.2 Å². The molecule has 0 fully saturated rings. The van der Waals surface area contributed by atoms with E-state index in [-0.39, 0.29) is 10.2 Å². The number of nitro groups is 1. The van der Waals surface area contributed by atoms with Gasteiger partial charge in [0, 0.05) is 28.0 Å². The van der Waals surface area contributed by atoms with Crippen molar-refractivity contribution in [2.45, 2.75) is 0 Å². The zero-order valence-corrected chi connectivity index (χ0v) is 12.8. The summed E-state index contributed by atoms with van der Waals surface area (Å²) in [5, 5.41) is 13.7. The number of carbonyl (C=O) groups excluding carboxylic acids is 1. The van der Waals surface area contributed by atoms with E-state index in [9.17, 15) is 14.9 Å². The quantitative estimate of drug-likeness (QED) is 0.487.